The summed E-state index contributed by atoms with van der Waals surface area (Å²) in [5, 5.41) is 3.50. The van der Waals surface area contributed by atoms with Gasteiger partial charge in [0.2, 0.25) is 0 Å². The smallest absolute Gasteiger partial charge is 0.332 e. The van der Waals surface area contributed by atoms with Gasteiger partial charge in [-0.15, -0.1) is 11.3 Å². The molecule has 0 aliphatic heterocycles. The van der Waals surface area contributed by atoms with E-state index in [0.29, 0.717) is 16.8 Å². The molecule has 2 aromatic rings. The number of carbonyl (C=O) groups is 1. The van der Waals surface area contributed by atoms with E-state index in [4.69, 9.17) is 4.74 Å². The number of ether oxygens (including phenoxy) is 1. The van der Waals surface area contributed by atoms with Crippen LogP contribution in [0, 0.1) is 6.92 Å². The van der Waals surface area contributed by atoms with E-state index in [1.165, 1.54) is 20.5 Å². The fourth-order valence-corrected chi connectivity index (χ4v) is 4.46. The summed E-state index contributed by atoms with van der Waals surface area (Å²) >= 11 is 1.29. The Balaban J connectivity index is 1.91. The maximum Gasteiger partial charge on any atom is 0.332 e. The first-order chi connectivity index (χ1) is 13.1. The molecule has 0 bridgehead atoms. The summed E-state index contributed by atoms with van der Waals surface area (Å²) in [5.74, 6) is -0.364. The van der Waals surface area contributed by atoms with Crippen LogP contribution in [0.4, 0.5) is 4.39 Å². The quantitative estimate of drug-likeness (QED) is 0.707. The van der Waals surface area contributed by atoms with Crippen LogP contribution in [0.5, 0.6) is 0 Å². The molecule has 154 valence electrons. The lowest BCUT2D eigenvalue weighted by atomic mass is 10.2. The fraction of sp³-hybridized carbons (Fsp3) is 0.632. The van der Waals surface area contributed by atoms with Crippen molar-refractivity contribution < 1.29 is 13.9 Å². The molecule has 1 fully saturated rings. The molecule has 0 spiro atoms. The Hall–Kier alpha value is -2.00. The molecular weight excluding hydrogens is 385 g/mol. The summed E-state index contributed by atoms with van der Waals surface area (Å²) in [7, 11) is 0. The van der Waals surface area contributed by atoms with Crippen LogP contribution in [0.1, 0.15) is 50.1 Å². The third-order valence-electron chi connectivity index (χ3n) is 4.54. The number of aryl methyl sites for hydroxylation is 2. The van der Waals surface area contributed by atoms with Gasteiger partial charge >= 0.3 is 11.7 Å². The summed E-state index contributed by atoms with van der Waals surface area (Å²) in [6.45, 7) is 6.87. The minimum atomic E-state index is -0.680. The molecule has 0 unspecified atom stereocenters. The van der Waals surface area contributed by atoms with Crippen molar-refractivity contribution in [3.05, 3.63) is 31.3 Å². The van der Waals surface area contributed by atoms with Gasteiger partial charge in [-0.2, -0.15) is 0 Å². The van der Waals surface area contributed by atoms with Gasteiger partial charge in [-0.3, -0.25) is 18.7 Å². The lowest BCUT2D eigenvalue weighted by Crippen LogP contribution is -2.39. The predicted molar refractivity (Wildman–Crippen MR) is 107 cm³/mol. The summed E-state index contributed by atoms with van der Waals surface area (Å²) in [5.41, 5.74) is -0.525. The highest BCUT2D eigenvalue weighted by Crippen LogP contribution is 2.34. The molecular formula is C19H26FN3O4S. The van der Waals surface area contributed by atoms with E-state index >= 15 is 0 Å². The van der Waals surface area contributed by atoms with Gasteiger partial charge in [-0.25, -0.2) is 9.18 Å². The maximum atomic E-state index is 13.1. The summed E-state index contributed by atoms with van der Waals surface area (Å²) in [6, 6.07) is -0.0803. The maximum absolute atomic E-state index is 13.1. The highest BCUT2D eigenvalue weighted by molar-refractivity contribution is 7.18. The van der Waals surface area contributed by atoms with E-state index in [1.807, 2.05) is 6.92 Å². The van der Waals surface area contributed by atoms with Gasteiger partial charge in [0.15, 0.2) is 0 Å². The second-order valence-corrected chi connectivity index (χ2v) is 9.13. The molecule has 28 heavy (non-hydrogen) atoms. The summed E-state index contributed by atoms with van der Waals surface area (Å²) < 4.78 is 21.0. The zero-order valence-corrected chi connectivity index (χ0v) is 17.5. The number of fused-ring (bicyclic) bond motifs is 1. The topological polar surface area (TPSA) is 82.3 Å². The van der Waals surface area contributed by atoms with Crippen LogP contribution in [-0.4, -0.2) is 33.9 Å². The van der Waals surface area contributed by atoms with E-state index < -0.39 is 18.0 Å². The zero-order chi connectivity index (χ0) is 20.6. The van der Waals surface area contributed by atoms with Crippen LogP contribution in [0.2, 0.25) is 0 Å². The van der Waals surface area contributed by atoms with Gasteiger partial charge in [0.05, 0.1) is 18.5 Å². The minimum absolute atomic E-state index is 0.0363. The second-order valence-electron chi connectivity index (χ2n) is 8.05. The molecule has 0 amide bonds. The van der Waals surface area contributed by atoms with Crippen LogP contribution in [0.25, 0.3) is 10.2 Å². The van der Waals surface area contributed by atoms with E-state index in [2.05, 4.69) is 5.32 Å². The molecule has 3 rings (SSSR count). The van der Waals surface area contributed by atoms with Crippen molar-refractivity contribution in [2.75, 3.05) is 13.2 Å². The zero-order valence-electron chi connectivity index (χ0n) is 16.6. The molecule has 0 aromatic carbocycles. The number of thiophene rings is 1. The third kappa shape index (κ3) is 4.20. The summed E-state index contributed by atoms with van der Waals surface area (Å²) in [6.07, 6.45) is 1.59. The van der Waals surface area contributed by atoms with Crippen LogP contribution in [0.15, 0.2) is 9.59 Å². The number of halogens is 1. The lowest BCUT2D eigenvalue weighted by Gasteiger charge is -2.19. The van der Waals surface area contributed by atoms with Crippen molar-refractivity contribution in [3.63, 3.8) is 0 Å². The monoisotopic (exact) mass is 411 g/mol. The number of aromatic nitrogens is 2. The molecule has 0 saturated heterocycles. The summed E-state index contributed by atoms with van der Waals surface area (Å²) in [4.78, 5) is 38.8. The fourth-order valence-electron chi connectivity index (χ4n) is 3.17. The van der Waals surface area contributed by atoms with E-state index in [0.717, 1.165) is 23.3 Å². The van der Waals surface area contributed by atoms with Gasteiger partial charge in [0, 0.05) is 17.5 Å². The van der Waals surface area contributed by atoms with Gasteiger partial charge in [-0.05, 0) is 46.1 Å². The predicted octanol–water partition coefficient (Wildman–Crippen LogP) is 2.27. The van der Waals surface area contributed by atoms with Crippen molar-refractivity contribution in [2.45, 2.75) is 65.3 Å². The van der Waals surface area contributed by atoms with Crippen LogP contribution in [-0.2, 0) is 22.6 Å². The number of nitrogens with one attached hydrogen (secondary N) is 1. The Morgan fingerprint density at radius 2 is 2.00 bits per heavy atom. The largest absolute Gasteiger partial charge is 0.459 e. The van der Waals surface area contributed by atoms with E-state index in [-0.39, 0.29) is 30.7 Å². The lowest BCUT2D eigenvalue weighted by molar-refractivity contribution is -0.153. The molecule has 2 heterocycles. The van der Waals surface area contributed by atoms with Crippen LogP contribution in [0.3, 0.4) is 0 Å². The van der Waals surface area contributed by atoms with Crippen molar-refractivity contribution in [2.24, 2.45) is 0 Å². The van der Waals surface area contributed by atoms with Crippen molar-refractivity contribution in [1.29, 1.82) is 0 Å². The van der Waals surface area contributed by atoms with Crippen LogP contribution >= 0.6 is 11.3 Å². The number of hydrogen-bond acceptors (Lipinski definition) is 6. The molecule has 9 heteroatoms. The van der Waals surface area contributed by atoms with Gasteiger partial charge in [0.1, 0.15) is 17.1 Å². The minimum Gasteiger partial charge on any atom is -0.459 e. The molecule has 1 N–H and O–H groups in total. The van der Waals surface area contributed by atoms with E-state index in [1.54, 1.807) is 20.8 Å². The Bertz CT molecular complexity index is 1010. The van der Waals surface area contributed by atoms with Crippen molar-refractivity contribution in [3.8, 4) is 0 Å². The average molecular weight is 411 g/mol. The second kappa shape index (κ2) is 7.79. The van der Waals surface area contributed by atoms with Crippen LogP contribution < -0.4 is 16.6 Å². The highest BCUT2D eigenvalue weighted by atomic mass is 32.1. The molecule has 7 nitrogen and oxygen atoms in total. The van der Waals surface area contributed by atoms with Gasteiger partial charge in [-0.1, -0.05) is 0 Å². The van der Waals surface area contributed by atoms with Crippen molar-refractivity contribution >= 4 is 27.5 Å². The Kier molecular flexibility index (Phi) is 5.77. The SMILES string of the molecule is Cc1c(CNCC(=O)OC(C)(C)C)sc2c1c(=O)n(C1CC1)c(=O)n2CCF. The number of alkyl halides is 1. The molecule has 2 aromatic heterocycles. The standard InChI is InChI=1S/C19H26FN3O4S/c1-11-13(9-21-10-14(24)27-19(2,3)4)28-17-15(11)16(25)23(12-5-6-12)18(26)22(17)8-7-20/h12,21H,5-10H2,1-4H3. The number of nitrogens with zero attached hydrogens (tertiary/aromatic N) is 2. The first-order valence-electron chi connectivity index (χ1n) is 9.40. The van der Waals surface area contributed by atoms with E-state index in [9.17, 15) is 18.8 Å². The Labute approximate surface area is 166 Å². The molecule has 1 aliphatic rings. The number of esters is 1. The molecule has 0 radical (unpaired) electrons. The Morgan fingerprint density at radius 1 is 1.32 bits per heavy atom. The van der Waals surface area contributed by atoms with Gasteiger partial charge < -0.3 is 10.1 Å². The third-order valence-corrected chi connectivity index (χ3v) is 5.85. The normalized spacial score (nSPS) is 14.6. The number of rotatable bonds is 7. The van der Waals surface area contributed by atoms with Crippen molar-refractivity contribution in [1.82, 2.24) is 14.5 Å². The first-order valence-corrected chi connectivity index (χ1v) is 10.2. The Morgan fingerprint density at radius 3 is 2.57 bits per heavy atom. The highest BCUT2D eigenvalue weighted by Gasteiger charge is 2.30. The molecule has 0 atom stereocenters. The molecule has 1 saturated carbocycles. The molecule has 1 aliphatic carbocycles. The first kappa shape index (κ1) is 20.7. The number of hydrogen-bond donors (Lipinski definition) is 1. The average Bonchev–Trinajstić information content (AvgIpc) is 3.35. The number of carbonyl (C=O) groups excluding carboxylic acids is 1. The van der Waals surface area contributed by atoms with Gasteiger partial charge in [0.25, 0.3) is 5.56 Å².